The second-order valence-corrected chi connectivity index (χ2v) is 9.54. The highest BCUT2D eigenvalue weighted by Gasteiger charge is 2.27. The van der Waals surface area contributed by atoms with Crippen LogP contribution in [0.15, 0.2) is 41.3 Å². The molecule has 0 amide bonds. The van der Waals surface area contributed by atoms with E-state index >= 15 is 0 Å². The Hall–Kier alpha value is -2.13. The molecule has 2 aromatic rings. The van der Waals surface area contributed by atoms with E-state index in [4.69, 9.17) is 25.8 Å². The molecule has 31 heavy (non-hydrogen) atoms. The molecule has 0 aliphatic carbocycles. The van der Waals surface area contributed by atoms with Gasteiger partial charge in [0.15, 0.2) is 6.29 Å². The van der Waals surface area contributed by atoms with E-state index in [2.05, 4.69) is 0 Å². The molecule has 0 N–H and O–H groups in total. The molecule has 1 aliphatic heterocycles. The van der Waals surface area contributed by atoms with Crippen LogP contribution in [0.3, 0.4) is 0 Å². The number of methoxy groups -OCH3 is 2. The van der Waals surface area contributed by atoms with Gasteiger partial charge in [-0.1, -0.05) is 18.0 Å². The van der Waals surface area contributed by atoms with E-state index in [1.54, 1.807) is 24.3 Å². The van der Waals surface area contributed by atoms with Crippen molar-refractivity contribution in [1.29, 1.82) is 0 Å². The van der Waals surface area contributed by atoms with E-state index in [9.17, 15) is 13.2 Å². The van der Waals surface area contributed by atoms with E-state index in [0.717, 1.165) is 19.3 Å². The Labute approximate surface area is 187 Å². The monoisotopic (exact) mass is 467 g/mol. The first-order chi connectivity index (χ1) is 14.9. The molecule has 7 nitrogen and oxygen atoms in total. The molecular weight excluding hydrogens is 442 g/mol. The van der Waals surface area contributed by atoms with Crippen molar-refractivity contribution in [2.45, 2.75) is 36.9 Å². The van der Waals surface area contributed by atoms with E-state index < -0.39 is 16.1 Å². The summed E-state index contributed by atoms with van der Waals surface area (Å²) in [5.41, 5.74) is 0.985. The van der Waals surface area contributed by atoms with Gasteiger partial charge >= 0.3 is 0 Å². The van der Waals surface area contributed by atoms with Gasteiger partial charge in [-0.2, -0.15) is 4.31 Å². The molecule has 0 bridgehead atoms. The number of nitrogens with zero attached hydrogens (tertiary/aromatic N) is 1. The molecule has 9 heteroatoms. The molecule has 168 valence electrons. The maximum absolute atomic E-state index is 13.0. The number of carbonyl (C=O) groups is 1. The van der Waals surface area contributed by atoms with Crippen LogP contribution in [0, 0.1) is 0 Å². The van der Waals surface area contributed by atoms with Gasteiger partial charge in [-0.25, -0.2) is 8.42 Å². The van der Waals surface area contributed by atoms with Gasteiger partial charge in [-0.05, 0) is 54.8 Å². The number of piperidine rings is 1. The number of hydrogen-bond acceptors (Lipinski definition) is 6. The molecule has 1 fully saturated rings. The van der Waals surface area contributed by atoms with Crippen LogP contribution in [0.5, 0.6) is 11.5 Å². The standard InChI is InChI=1S/C22H26ClNO6S/c1-28-17-6-9-21(29-2)19(13-17)22(14-25)30-15-16-12-18(7-8-20(16)23)31(26,27)24-10-4-3-5-11-24/h6-9,12-14,22H,3-5,10-11,15H2,1-2H3. The van der Waals surface area contributed by atoms with Crippen LogP contribution in [0.1, 0.15) is 36.5 Å². The molecule has 0 aromatic heterocycles. The summed E-state index contributed by atoms with van der Waals surface area (Å²) in [7, 11) is -0.581. The minimum Gasteiger partial charge on any atom is -0.497 e. The highest BCUT2D eigenvalue weighted by atomic mass is 35.5. The van der Waals surface area contributed by atoms with E-state index in [1.165, 1.54) is 30.7 Å². The molecular formula is C22H26ClNO6S. The number of rotatable bonds is 9. The third-order valence-electron chi connectivity index (χ3n) is 5.26. The summed E-state index contributed by atoms with van der Waals surface area (Å²) in [5.74, 6) is 1.03. The molecule has 1 saturated heterocycles. The van der Waals surface area contributed by atoms with Crippen molar-refractivity contribution >= 4 is 27.9 Å². The number of carbonyl (C=O) groups excluding carboxylic acids is 1. The van der Waals surface area contributed by atoms with Crippen molar-refractivity contribution in [1.82, 2.24) is 4.31 Å². The Bertz CT molecular complexity index is 1020. The van der Waals surface area contributed by atoms with Crippen LogP contribution in [-0.4, -0.2) is 46.3 Å². The molecule has 1 aliphatic rings. The number of benzene rings is 2. The fourth-order valence-corrected chi connectivity index (χ4v) is 5.26. The Balaban J connectivity index is 1.82. The first kappa shape index (κ1) is 23.5. The lowest BCUT2D eigenvalue weighted by molar-refractivity contribution is -0.119. The molecule has 1 unspecified atom stereocenters. The lowest BCUT2D eigenvalue weighted by atomic mass is 10.1. The van der Waals surface area contributed by atoms with Crippen LogP contribution in [0.4, 0.5) is 0 Å². The van der Waals surface area contributed by atoms with Gasteiger partial charge in [0.25, 0.3) is 0 Å². The third kappa shape index (κ3) is 5.38. The summed E-state index contributed by atoms with van der Waals surface area (Å²) < 4.78 is 43.8. The van der Waals surface area contributed by atoms with Crippen molar-refractivity contribution in [3.63, 3.8) is 0 Å². The second kappa shape index (κ2) is 10.5. The Kier molecular flexibility index (Phi) is 7.94. The van der Waals surface area contributed by atoms with Crippen LogP contribution >= 0.6 is 11.6 Å². The Morgan fingerprint density at radius 3 is 2.45 bits per heavy atom. The largest absolute Gasteiger partial charge is 0.497 e. The highest BCUT2D eigenvalue weighted by molar-refractivity contribution is 7.89. The average Bonchev–Trinajstić information content (AvgIpc) is 2.80. The van der Waals surface area contributed by atoms with Gasteiger partial charge in [-0.15, -0.1) is 0 Å². The Morgan fingerprint density at radius 1 is 1.06 bits per heavy atom. The normalized spacial score (nSPS) is 16.0. The summed E-state index contributed by atoms with van der Waals surface area (Å²) >= 11 is 6.29. The van der Waals surface area contributed by atoms with Gasteiger partial charge in [0.2, 0.25) is 10.0 Å². The number of hydrogen-bond donors (Lipinski definition) is 0. The van der Waals surface area contributed by atoms with Crippen LogP contribution in [0.25, 0.3) is 0 Å². The summed E-state index contributed by atoms with van der Waals surface area (Å²) in [6.07, 6.45) is 2.45. The van der Waals surface area contributed by atoms with Crippen molar-refractivity contribution in [3.05, 3.63) is 52.5 Å². The van der Waals surface area contributed by atoms with Crippen molar-refractivity contribution in [3.8, 4) is 11.5 Å². The fraction of sp³-hybridized carbons (Fsp3) is 0.409. The highest BCUT2D eigenvalue weighted by Crippen LogP contribution is 2.32. The molecule has 1 heterocycles. The molecule has 0 saturated carbocycles. The van der Waals surface area contributed by atoms with Gasteiger partial charge < -0.3 is 19.0 Å². The van der Waals surface area contributed by atoms with Crippen LogP contribution < -0.4 is 9.47 Å². The Morgan fingerprint density at radius 2 is 1.81 bits per heavy atom. The fourth-order valence-electron chi connectivity index (χ4n) is 3.52. The van der Waals surface area contributed by atoms with Crippen molar-refractivity contribution < 1.29 is 27.4 Å². The van der Waals surface area contributed by atoms with Gasteiger partial charge in [0.1, 0.15) is 17.6 Å². The first-order valence-corrected chi connectivity index (χ1v) is 11.8. The number of sulfonamides is 1. The van der Waals surface area contributed by atoms with Crippen molar-refractivity contribution in [2.75, 3.05) is 27.3 Å². The number of aldehydes is 1. The van der Waals surface area contributed by atoms with Gasteiger partial charge in [0, 0.05) is 23.7 Å². The zero-order valence-corrected chi connectivity index (χ0v) is 19.1. The average molecular weight is 468 g/mol. The minimum atomic E-state index is -3.60. The second-order valence-electron chi connectivity index (χ2n) is 7.19. The number of halogens is 1. The smallest absolute Gasteiger partial charge is 0.243 e. The summed E-state index contributed by atoms with van der Waals surface area (Å²) in [6.45, 7) is 0.977. The molecule has 3 rings (SSSR count). The summed E-state index contributed by atoms with van der Waals surface area (Å²) in [6, 6.07) is 9.62. The zero-order chi connectivity index (χ0) is 22.4. The molecule has 1 atom stereocenters. The predicted molar refractivity (Wildman–Crippen MR) is 117 cm³/mol. The topological polar surface area (TPSA) is 82.1 Å². The van der Waals surface area contributed by atoms with Crippen molar-refractivity contribution in [2.24, 2.45) is 0 Å². The number of ether oxygens (including phenoxy) is 3. The third-order valence-corrected chi connectivity index (χ3v) is 7.52. The molecule has 0 spiro atoms. The predicted octanol–water partition coefficient (Wildman–Crippen LogP) is 3.99. The van der Waals surface area contributed by atoms with Crippen LogP contribution in [0.2, 0.25) is 5.02 Å². The lowest BCUT2D eigenvalue weighted by Crippen LogP contribution is -2.35. The molecule has 0 radical (unpaired) electrons. The van der Waals surface area contributed by atoms with E-state index in [-0.39, 0.29) is 11.5 Å². The van der Waals surface area contributed by atoms with E-state index in [0.29, 0.717) is 47.0 Å². The molecule has 2 aromatic carbocycles. The SMILES string of the molecule is COc1ccc(OC)c(C(C=O)OCc2cc(S(=O)(=O)N3CCCCC3)ccc2Cl)c1. The first-order valence-electron chi connectivity index (χ1n) is 9.98. The lowest BCUT2D eigenvalue weighted by Gasteiger charge is -2.26. The van der Waals surface area contributed by atoms with Gasteiger partial charge in [-0.3, -0.25) is 0 Å². The maximum atomic E-state index is 13.0. The quantitative estimate of drug-likeness (QED) is 0.518. The van der Waals surface area contributed by atoms with Gasteiger partial charge in [0.05, 0.1) is 25.7 Å². The summed E-state index contributed by atoms with van der Waals surface area (Å²) in [5, 5.41) is 0.361. The maximum Gasteiger partial charge on any atom is 0.243 e. The summed E-state index contributed by atoms with van der Waals surface area (Å²) in [4.78, 5) is 11.9. The minimum absolute atomic E-state index is 0.0496. The van der Waals surface area contributed by atoms with Crippen LogP contribution in [-0.2, 0) is 26.2 Å². The van der Waals surface area contributed by atoms with E-state index in [1.807, 2.05) is 0 Å². The zero-order valence-electron chi connectivity index (χ0n) is 17.5.